The normalized spacial score (nSPS) is 19.6. The molecule has 0 aliphatic carbocycles. The minimum absolute atomic E-state index is 0.125. The van der Waals surface area contributed by atoms with Crippen LogP contribution in [0.1, 0.15) is 49.7 Å². The summed E-state index contributed by atoms with van der Waals surface area (Å²) in [5.41, 5.74) is 2.67. The zero-order chi connectivity index (χ0) is 19.3. The summed E-state index contributed by atoms with van der Waals surface area (Å²) in [4.78, 5) is 28.7. The molecule has 27 heavy (non-hydrogen) atoms. The molecule has 148 valence electrons. The van der Waals surface area contributed by atoms with Gasteiger partial charge in [-0.15, -0.1) is 0 Å². The number of carbonyl (C=O) groups is 2. The largest absolute Gasteiger partial charge is 0.396 e. The highest BCUT2D eigenvalue weighted by Crippen LogP contribution is 2.40. The molecule has 2 fully saturated rings. The Bertz CT molecular complexity index is 665. The van der Waals surface area contributed by atoms with Gasteiger partial charge in [0.2, 0.25) is 11.8 Å². The van der Waals surface area contributed by atoms with Crippen LogP contribution in [0.15, 0.2) is 24.3 Å². The van der Waals surface area contributed by atoms with Gasteiger partial charge in [0.05, 0.1) is 0 Å². The van der Waals surface area contributed by atoms with E-state index in [1.807, 2.05) is 21.9 Å². The number of nitrogens with zero attached hydrogens (tertiary/aromatic N) is 2. The number of aliphatic hydroxyl groups is 1. The van der Waals surface area contributed by atoms with Gasteiger partial charge in [0.1, 0.15) is 0 Å². The SMILES string of the molecule is Cc1ccccc1CCC(=O)N1CCC2(CCC(=O)N(CCCO)C2)CC1. The molecule has 2 saturated heterocycles. The molecule has 2 heterocycles. The Morgan fingerprint density at radius 1 is 1.19 bits per heavy atom. The first kappa shape index (κ1) is 19.9. The minimum atomic E-state index is 0.125. The molecule has 0 unspecified atom stereocenters. The molecule has 1 aromatic carbocycles. The molecule has 2 aliphatic rings. The van der Waals surface area contributed by atoms with E-state index < -0.39 is 0 Å². The molecule has 1 aromatic rings. The summed E-state index contributed by atoms with van der Waals surface area (Å²) in [6.07, 6.45) is 5.51. The highest BCUT2D eigenvalue weighted by molar-refractivity contribution is 5.78. The first-order chi connectivity index (χ1) is 13.0. The van der Waals surface area contributed by atoms with E-state index in [0.29, 0.717) is 25.8 Å². The van der Waals surface area contributed by atoms with E-state index in [1.54, 1.807) is 0 Å². The fraction of sp³-hybridized carbons (Fsp3) is 0.636. The van der Waals surface area contributed by atoms with Gasteiger partial charge in [-0.25, -0.2) is 0 Å². The monoisotopic (exact) mass is 372 g/mol. The van der Waals surface area contributed by atoms with E-state index in [4.69, 9.17) is 5.11 Å². The first-order valence-corrected chi connectivity index (χ1v) is 10.2. The summed E-state index contributed by atoms with van der Waals surface area (Å²) in [7, 11) is 0. The molecule has 1 N–H and O–H groups in total. The van der Waals surface area contributed by atoms with Crippen molar-refractivity contribution in [3.05, 3.63) is 35.4 Å². The van der Waals surface area contributed by atoms with Crippen molar-refractivity contribution in [3.8, 4) is 0 Å². The number of hydrogen-bond acceptors (Lipinski definition) is 3. The molecule has 1 spiro atoms. The maximum absolute atomic E-state index is 12.6. The van der Waals surface area contributed by atoms with Gasteiger partial charge in [-0.1, -0.05) is 24.3 Å². The Morgan fingerprint density at radius 2 is 1.93 bits per heavy atom. The molecule has 2 aliphatic heterocycles. The Morgan fingerprint density at radius 3 is 2.63 bits per heavy atom. The molecule has 5 nitrogen and oxygen atoms in total. The quantitative estimate of drug-likeness (QED) is 0.835. The lowest BCUT2D eigenvalue weighted by Crippen LogP contribution is -2.52. The number of amides is 2. The van der Waals surface area contributed by atoms with Crippen LogP contribution in [0, 0.1) is 12.3 Å². The van der Waals surface area contributed by atoms with Gasteiger partial charge in [0.15, 0.2) is 0 Å². The van der Waals surface area contributed by atoms with Crippen LogP contribution in [0.5, 0.6) is 0 Å². The zero-order valence-corrected chi connectivity index (χ0v) is 16.5. The molecule has 0 radical (unpaired) electrons. The topological polar surface area (TPSA) is 60.9 Å². The van der Waals surface area contributed by atoms with E-state index in [-0.39, 0.29) is 23.8 Å². The van der Waals surface area contributed by atoms with E-state index in [2.05, 4.69) is 19.1 Å². The second-order valence-electron chi connectivity index (χ2n) is 8.20. The van der Waals surface area contributed by atoms with Crippen molar-refractivity contribution in [1.29, 1.82) is 0 Å². The van der Waals surface area contributed by atoms with Gasteiger partial charge in [0, 0.05) is 45.6 Å². The van der Waals surface area contributed by atoms with Crippen molar-refractivity contribution in [1.82, 2.24) is 9.80 Å². The Kier molecular flexibility index (Phi) is 6.53. The molecule has 0 aromatic heterocycles. The van der Waals surface area contributed by atoms with Crippen molar-refractivity contribution >= 4 is 11.8 Å². The molecular weight excluding hydrogens is 340 g/mol. The summed E-state index contributed by atoms with van der Waals surface area (Å²) >= 11 is 0. The maximum Gasteiger partial charge on any atom is 0.222 e. The second-order valence-corrected chi connectivity index (χ2v) is 8.20. The molecule has 0 saturated carbocycles. The predicted molar refractivity (Wildman–Crippen MR) is 105 cm³/mol. The standard InChI is InChI=1S/C22H32N2O3/c1-18-5-2-3-6-19(18)7-8-20(26)23-14-11-22(12-15-23)10-9-21(27)24(17-22)13-4-16-25/h2-3,5-6,25H,4,7-17H2,1H3. The van der Waals surface area contributed by atoms with Crippen LogP contribution in [-0.2, 0) is 16.0 Å². The number of benzene rings is 1. The van der Waals surface area contributed by atoms with Crippen molar-refractivity contribution < 1.29 is 14.7 Å². The maximum atomic E-state index is 12.6. The molecular formula is C22H32N2O3. The summed E-state index contributed by atoms with van der Waals surface area (Å²) in [6.45, 7) is 5.26. The van der Waals surface area contributed by atoms with Crippen LogP contribution in [0.4, 0.5) is 0 Å². The lowest BCUT2D eigenvalue weighted by molar-refractivity contribution is -0.142. The summed E-state index contributed by atoms with van der Waals surface area (Å²) < 4.78 is 0. The second kappa shape index (κ2) is 8.87. The van der Waals surface area contributed by atoms with Crippen molar-refractivity contribution in [2.45, 2.75) is 51.9 Å². The van der Waals surface area contributed by atoms with Gasteiger partial charge < -0.3 is 14.9 Å². The van der Waals surface area contributed by atoms with Crippen molar-refractivity contribution in [2.75, 3.05) is 32.8 Å². The van der Waals surface area contributed by atoms with E-state index in [0.717, 1.165) is 45.3 Å². The van der Waals surface area contributed by atoms with Crippen LogP contribution >= 0.6 is 0 Å². The Balaban J connectivity index is 1.50. The lowest BCUT2D eigenvalue weighted by Gasteiger charge is -2.47. The number of rotatable bonds is 6. The van der Waals surface area contributed by atoms with E-state index in [1.165, 1.54) is 11.1 Å². The number of aliphatic hydroxyl groups excluding tert-OH is 1. The Hall–Kier alpha value is -1.88. The molecule has 0 bridgehead atoms. The highest BCUT2D eigenvalue weighted by atomic mass is 16.3. The van der Waals surface area contributed by atoms with Crippen molar-refractivity contribution in [2.24, 2.45) is 5.41 Å². The van der Waals surface area contributed by atoms with E-state index in [9.17, 15) is 9.59 Å². The van der Waals surface area contributed by atoms with Crippen LogP contribution in [0.3, 0.4) is 0 Å². The Labute approximate surface area is 162 Å². The third-order valence-corrected chi connectivity index (χ3v) is 6.38. The summed E-state index contributed by atoms with van der Waals surface area (Å²) in [5.74, 6) is 0.461. The average molecular weight is 373 g/mol. The number of carbonyl (C=O) groups excluding carboxylic acids is 2. The molecule has 3 rings (SSSR count). The number of piperidine rings is 2. The third kappa shape index (κ3) is 4.89. The van der Waals surface area contributed by atoms with Gasteiger partial charge in [-0.3, -0.25) is 9.59 Å². The summed E-state index contributed by atoms with van der Waals surface area (Å²) in [5, 5.41) is 9.05. The van der Waals surface area contributed by atoms with Gasteiger partial charge in [-0.05, 0) is 55.6 Å². The van der Waals surface area contributed by atoms with Gasteiger partial charge >= 0.3 is 0 Å². The molecule has 2 amide bonds. The van der Waals surface area contributed by atoms with Gasteiger partial charge in [0.25, 0.3) is 0 Å². The average Bonchev–Trinajstić information content (AvgIpc) is 2.68. The van der Waals surface area contributed by atoms with Crippen LogP contribution in [-0.4, -0.2) is 59.5 Å². The summed E-state index contributed by atoms with van der Waals surface area (Å²) in [6, 6.07) is 8.26. The van der Waals surface area contributed by atoms with Crippen molar-refractivity contribution in [3.63, 3.8) is 0 Å². The first-order valence-electron chi connectivity index (χ1n) is 10.2. The number of likely N-dealkylation sites (tertiary alicyclic amines) is 2. The third-order valence-electron chi connectivity index (χ3n) is 6.38. The van der Waals surface area contributed by atoms with Crippen LogP contribution in [0.2, 0.25) is 0 Å². The highest BCUT2D eigenvalue weighted by Gasteiger charge is 2.41. The van der Waals surface area contributed by atoms with Gasteiger partial charge in [-0.2, -0.15) is 0 Å². The lowest BCUT2D eigenvalue weighted by atomic mass is 9.72. The number of hydrogen-bond donors (Lipinski definition) is 1. The van der Waals surface area contributed by atoms with Crippen LogP contribution in [0.25, 0.3) is 0 Å². The molecule has 5 heteroatoms. The predicted octanol–water partition coefficient (Wildman–Crippen LogP) is 2.54. The van der Waals surface area contributed by atoms with Crippen LogP contribution < -0.4 is 0 Å². The smallest absolute Gasteiger partial charge is 0.222 e. The number of aryl methyl sites for hydroxylation is 2. The van der Waals surface area contributed by atoms with E-state index >= 15 is 0 Å². The zero-order valence-electron chi connectivity index (χ0n) is 16.5. The minimum Gasteiger partial charge on any atom is -0.396 e. The fourth-order valence-corrected chi connectivity index (χ4v) is 4.50. The molecule has 0 atom stereocenters. The fourth-order valence-electron chi connectivity index (χ4n) is 4.50.